The predicted octanol–water partition coefficient (Wildman–Crippen LogP) is 2.93. The van der Waals surface area contributed by atoms with Gasteiger partial charge in [0.05, 0.1) is 6.61 Å². The Labute approximate surface area is 128 Å². The summed E-state index contributed by atoms with van der Waals surface area (Å²) in [6, 6.07) is 10.5. The lowest BCUT2D eigenvalue weighted by molar-refractivity contribution is 0.0988. The summed E-state index contributed by atoms with van der Waals surface area (Å²) in [6.45, 7) is 7.39. The van der Waals surface area contributed by atoms with Gasteiger partial charge >= 0.3 is 0 Å². The van der Waals surface area contributed by atoms with Crippen molar-refractivity contribution in [2.24, 2.45) is 0 Å². The van der Waals surface area contributed by atoms with Gasteiger partial charge in [-0.25, -0.2) is 0 Å². The molecule has 21 heavy (non-hydrogen) atoms. The van der Waals surface area contributed by atoms with Crippen LogP contribution in [-0.2, 0) is 4.74 Å². The van der Waals surface area contributed by atoms with Crippen molar-refractivity contribution in [1.29, 1.82) is 0 Å². The molecule has 4 unspecified atom stereocenters. The van der Waals surface area contributed by atoms with Crippen molar-refractivity contribution in [2.75, 3.05) is 26.8 Å². The molecule has 0 radical (unpaired) electrons. The van der Waals surface area contributed by atoms with E-state index < -0.39 is 0 Å². The summed E-state index contributed by atoms with van der Waals surface area (Å²) in [7, 11) is 2.29. The lowest BCUT2D eigenvalue weighted by Gasteiger charge is -2.44. The summed E-state index contributed by atoms with van der Waals surface area (Å²) >= 11 is 0. The van der Waals surface area contributed by atoms with Gasteiger partial charge in [0.25, 0.3) is 0 Å². The van der Waals surface area contributed by atoms with Crippen molar-refractivity contribution in [3.05, 3.63) is 35.4 Å². The van der Waals surface area contributed by atoms with Gasteiger partial charge in [-0.2, -0.15) is 0 Å². The van der Waals surface area contributed by atoms with Crippen LogP contribution >= 0.6 is 0 Å². The van der Waals surface area contributed by atoms with Crippen LogP contribution in [0.25, 0.3) is 0 Å². The highest BCUT2D eigenvalue weighted by Gasteiger charge is 2.37. The van der Waals surface area contributed by atoms with Crippen LogP contribution in [-0.4, -0.2) is 43.8 Å². The molecule has 1 aliphatic carbocycles. The Kier molecular flexibility index (Phi) is 4.63. The first-order valence-electron chi connectivity index (χ1n) is 8.34. The molecule has 1 aliphatic heterocycles. The third kappa shape index (κ3) is 2.87. The Hall–Kier alpha value is -0.900. The van der Waals surface area contributed by atoms with Gasteiger partial charge < -0.3 is 10.1 Å². The lowest BCUT2D eigenvalue weighted by Crippen LogP contribution is -2.50. The molecule has 2 aliphatic rings. The SMILES string of the molecule is CCNC1c2ccccc2C(C)CC1N(C)C1CCOC1. The van der Waals surface area contributed by atoms with Crippen molar-refractivity contribution < 1.29 is 4.74 Å². The Bertz CT molecular complexity index is 470. The second kappa shape index (κ2) is 6.47. The highest BCUT2D eigenvalue weighted by Crippen LogP contribution is 2.40. The molecular formula is C18H28N2O. The predicted molar refractivity (Wildman–Crippen MR) is 86.7 cm³/mol. The van der Waals surface area contributed by atoms with Crippen LogP contribution in [0.4, 0.5) is 0 Å². The van der Waals surface area contributed by atoms with Crippen LogP contribution in [0.3, 0.4) is 0 Å². The maximum Gasteiger partial charge on any atom is 0.0622 e. The first kappa shape index (κ1) is 15.0. The van der Waals surface area contributed by atoms with E-state index in [1.54, 1.807) is 0 Å². The molecule has 0 amide bonds. The molecule has 1 N–H and O–H groups in total. The van der Waals surface area contributed by atoms with E-state index in [0.717, 1.165) is 19.8 Å². The molecule has 3 rings (SSSR count). The Morgan fingerprint density at radius 2 is 2.05 bits per heavy atom. The van der Waals surface area contributed by atoms with Gasteiger partial charge in [0.2, 0.25) is 0 Å². The third-order valence-corrected chi connectivity index (χ3v) is 5.27. The molecule has 1 heterocycles. The van der Waals surface area contributed by atoms with E-state index in [4.69, 9.17) is 4.74 Å². The second-order valence-corrected chi connectivity index (χ2v) is 6.55. The van der Waals surface area contributed by atoms with E-state index in [1.807, 2.05) is 0 Å². The Balaban J connectivity index is 1.89. The fourth-order valence-corrected chi connectivity index (χ4v) is 4.06. The number of rotatable bonds is 4. The fourth-order valence-electron chi connectivity index (χ4n) is 4.06. The zero-order valence-electron chi connectivity index (χ0n) is 13.5. The van der Waals surface area contributed by atoms with Crippen molar-refractivity contribution in [1.82, 2.24) is 10.2 Å². The molecule has 0 saturated carbocycles. The van der Waals surface area contributed by atoms with Crippen LogP contribution in [0.2, 0.25) is 0 Å². The van der Waals surface area contributed by atoms with Crippen LogP contribution in [0.5, 0.6) is 0 Å². The van der Waals surface area contributed by atoms with Crippen LogP contribution < -0.4 is 5.32 Å². The van der Waals surface area contributed by atoms with Gasteiger partial charge in [-0.05, 0) is 43.5 Å². The molecule has 1 aromatic carbocycles. The molecule has 0 bridgehead atoms. The van der Waals surface area contributed by atoms with Crippen LogP contribution in [0.15, 0.2) is 24.3 Å². The summed E-state index contributed by atoms with van der Waals surface area (Å²) in [5.74, 6) is 0.630. The molecule has 1 fully saturated rings. The minimum atomic E-state index is 0.438. The molecule has 1 aromatic rings. The van der Waals surface area contributed by atoms with Crippen molar-refractivity contribution in [2.45, 2.75) is 50.7 Å². The molecule has 4 atom stereocenters. The summed E-state index contributed by atoms with van der Waals surface area (Å²) < 4.78 is 5.60. The molecule has 116 valence electrons. The van der Waals surface area contributed by atoms with Gasteiger partial charge in [0.1, 0.15) is 0 Å². The minimum Gasteiger partial charge on any atom is -0.380 e. The lowest BCUT2D eigenvalue weighted by atomic mass is 9.77. The summed E-state index contributed by atoms with van der Waals surface area (Å²) in [6.07, 6.45) is 2.39. The number of nitrogens with zero attached hydrogens (tertiary/aromatic N) is 1. The van der Waals surface area contributed by atoms with Gasteiger partial charge in [0, 0.05) is 24.7 Å². The minimum absolute atomic E-state index is 0.438. The van der Waals surface area contributed by atoms with E-state index in [0.29, 0.717) is 24.0 Å². The van der Waals surface area contributed by atoms with Gasteiger partial charge in [0.15, 0.2) is 0 Å². The molecule has 3 heteroatoms. The number of likely N-dealkylation sites (N-methyl/N-ethyl adjacent to an activating group) is 2. The van der Waals surface area contributed by atoms with Crippen molar-refractivity contribution in [3.8, 4) is 0 Å². The topological polar surface area (TPSA) is 24.5 Å². The summed E-state index contributed by atoms with van der Waals surface area (Å²) in [4.78, 5) is 2.58. The van der Waals surface area contributed by atoms with E-state index in [2.05, 4.69) is 55.4 Å². The third-order valence-electron chi connectivity index (χ3n) is 5.27. The molecule has 0 spiro atoms. The average molecular weight is 288 g/mol. The van der Waals surface area contributed by atoms with Gasteiger partial charge in [-0.15, -0.1) is 0 Å². The fraction of sp³-hybridized carbons (Fsp3) is 0.667. The smallest absolute Gasteiger partial charge is 0.0622 e. The monoisotopic (exact) mass is 288 g/mol. The number of ether oxygens (including phenoxy) is 1. The maximum atomic E-state index is 5.60. The Morgan fingerprint density at radius 3 is 2.71 bits per heavy atom. The molecule has 1 saturated heterocycles. The summed E-state index contributed by atoms with van der Waals surface area (Å²) in [5.41, 5.74) is 3.02. The van der Waals surface area contributed by atoms with E-state index >= 15 is 0 Å². The molecular weight excluding hydrogens is 260 g/mol. The van der Waals surface area contributed by atoms with E-state index in [1.165, 1.54) is 24.0 Å². The van der Waals surface area contributed by atoms with Crippen LogP contribution in [0.1, 0.15) is 49.8 Å². The Morgan fingerprint density at radius 1 is 1.29 bits per heavy atom. The van der Waals surface area contributed by atoms with E-state index in [-0.39, 0.29) is 0 Å². The zero-order valence-corrected chi connectivity index (χ0v) is 13.5. The molecule has 3 nitrogen and oxygen atoms in total. The van der Waals surface area contributed by atoms with Crippen molar-refractivity contribution >= 4 is 0 Å². The molecule has 0 aromatic heterocycles. The first-order valence-corrected chi connectivity index (χ1v) is 8.34. The standard InChI is InChI=1S/C18H28N2O/c1-4-19-18-16-8-6-5-7-15(16)13(2)11-17(18)20(3)14-9-10-21-12-14/h5-8,13-14,17-19H,4,9-12H2,1-3H3. The van der Waals surface area contributed by atoms with E-state index in [9.17, 15) is 0 Å². The van der Waals surface area contributed by atoms with Gasteiger partial charge in [-0.3, -0.25) is 4.90 Å². The second-order valence-electron chi connectivity index (χ2n) is 6.55. The summed E-state index contributed by atoms with van der Waals surface area (Å²) in [5, 5.41) is 3.73. The van der Waals surface area contributed by atoms with Gasteiger partial charge in [-0.1, -0.05) is 38.1 Å². The highest BCUT2D eigenvalue weighted by atomic mass is 16.5. The number of fused-ring (bicyclic) bond motifs is 1. The largest absolute Gasteiger partial charge is 0.380 e. The number of benzene rings is 1. The average Bonchev–Trinajstić information content (AvgIpc) is 3.04. The maximum absolute atomic E-state index is 5.60. The highest BCUT2D eigenvalue weighted by molar-refractivity contribution is 5.36. The number of hydrogen-bond donors (Lipinski definition) is 1. The van der Waals surface area contributed by atoms with Crippen LogP contribution in [0, 0.1) is 0 Å². The number of hydrogen-bond acceptors (Lipinski definition) is 3. The number of nitrogens with one attached hydrogen (secondary N) is 1. The zero-order chi connectivity index (χ0) is 14.8. The first-order chi connectivity index (χ1) is 10.2. The quantitative estimate of drug-likeness (QED) is 0.922. The normalized spacial score (nSPS) is 32.4. The van der Waals surface area contributed by atoms with Crippen molar-refractivity contribution in [3.63, 3.8) is 0 Å².